The highest BCUT2D eigenvalue weighted by Gasteiger charge is 2.08. The molecule has 1 aromatic carbocycles. The van der Waals surface area contributed by atoms with Gasteiger partial charge in [-0.1, -0.05) is 6.07 Å². The van der Waals surface area contributed by atoms with Crippen molar-refractivity contribution in [2.24, 2.45) is 4.99 Å². The summed E-state index contributed by atoms with van der Waals surface area (Å²) in [6.45, 7) is 1.93. The Morgan fingerprint density at radius 2 is 1.68 bits per heavy atom. The summed E-state index contributed by atoms with van der Waals surface area (Å²) in [4.78, 5) is 4.08. The van der Waals surface area contributed by atoms with Crippen LogP contribution in [0.1, 0.15) is 5.56 Å². The van der Waals surface area contributed by atoms with Crippen molar-refractivity contribution >= 4 is 5.96 Å². The molecule has 4 nitrogen and oxygen atoms in total. The number of halogens is 2. The minimum atomic E-state index is -0.516. The second-order valence-corrected chi connectivity index (χ2v) is 4.80. The molecule has 22 heavy (non-hydrogen) atoms. The zero-order chi connectivity index (χ0) is 15.8. The van der Waals surface area contributed by atoms with Crippen molar-refractivity contribution < 1.29 is 8.78 Å². The summed E-state index contributed by atoms with van der Waals surface area (Å²) in [6, 6.07) is 7.83. The SMILES string of the molecule is CN=C(NCCc1c(F)cccc1F)NCCn1cccc1. The van der Waals surface area contributed by atoms with Gasteiger partial charge in [-0.3, -0.25) is 4.99 Å². The summed E-state index contributed by atoms with van der Waals surface area (Å²) in [5.41, 5.74) is 0.0952. The lowest BCUT2D eigenvalue weighted by molar-refractivity contribution is 0.552. The van der Waals surface area contributed by atoms with Gasteiger partial charge in [0.2, 0.25) is 0 Å². The maximum absolute atomic E-state index is 13.5. The quantitative estimate of drug-likeness (QED) is 0.634. The number of rotatable bonds is 6. The van der Waals surface area contributed by atoms with Crippen LogP contribution in [0.4, 0.5) is 8.78 Å². The molecule has 2 N–H and O–H groups in total. The van der Waals surface area contributed by atoms with E-state index in [-0.39, 0.29) is 12.0 Å². The minimum absolute atomic E-state index is 0.0952. The highest BCUT2D eigenvalue weighted by molar-refractivity contribution is 5.79. The van der Waals surface area contributed by atoms with E-state index >= 15 is 0 Å². The molecule has 0 saturated carbocycles. The second-order valence-electron chi connectivity index (χ2n) is 4.80. The lowest BCUT2D eigenvalue weighted by atomic mass is 10.1. The van der Waals surface area contributed by atoms with Crippen LogP contribution in [0.25, 0.3) is 0 Å². The van der Waals surface area contributed by atoms with E-state index in [0.717, 1.165) is 6.54 Å². The Morgan fingerprint density at radius 3 is 2.32 bits per heavy atom. The van der Waals surface area contributed by atoms with Crippen molar-refractivity contribution in [2.75, 3.05) is 20.1 Å². The fourth-order valence-corrected chi connectivity index (χ4v) is 2.12. The van der Waals surface area contributed by atoms with Gasteiger partial charge in [-0.2, -0.15) is 0 Å². The predicted molar refractivity (Wildman–Crippen MR) is 83.9 cm³/mol. The Labute approximate surface area is 128 Å². The average molecular weight is 306 g/mol. The number of guanidine groups is 1. The van der Waals surface area contributed by atoms with Crippen LogP contribution in [0.2, 0.25) is 0 Å². The largest absolute Gasteiger partial charge is 0.356 e. The molecule has 2 rings (SSSR count). The zero-order valence-corrected chi connectivity index (χ0v) is 12.5. The molecule has 0 atom stereocenters. The molecule has 6 heteroatoms. The number of hydrogen-bond donors (Lipinski definition) is 2. The van der Waals surface area contributed by atoms with Crippen molar-refractivity contribution in [1.82, 2.24) is 15.2 Å². The molecule has 1 heterocycles. The summed E-state index contributed by atoms with van der Waals surface area (Å²) in [7, 11) is 1.66. The Balaban J connectivity index is 1.74. The summed E-state index contributed by atoms with van der Waals surface area (Å²) < 4.78 is 29.1. The van der Waals surface area contributed by atoms with E-state index in [1.807, 2.05) is 24.5 Å². The van der Waals surface area contributed by atoms with Crippen LogP contribution in [-0.4, -0.2) is 30.7 Å². The van der Waals surface area contributed by atoms with Gasteiger partial charge in [0, 0.05) is 44.6 Å². The lowest BCUT2D eigenvalue weighted by Crippen LogP contribution is -2.39. The second kappa shape index (κ2) is 8.17. The van der Waals surface area contributed by atoms with Crippen LogP contribution in [0, 0.1) is 11.6 Å². The third-order valence-corrected chi connectivity index (χ3v) is 3.28. The van der Waals surface area contributed by atoms with Crippen LogP contribution < -0.4 is 10.6 Å². The normalized spacial score (nSPS) is 11.5. The molecular formula is C16H20F2N4. The molecule has 0 aliphatic carbocycles. The van der Waals surface area contributed by atoms with Crippen molar-refractivity contribution in [3.05, 3.63) is 59.9 Å². The molecular weight excluding hydrogens is 286 g/mol. The van der Waals surface area contributed by atoms with Gasteiger partial charge in [-0.25, -0.2) is 8.78 Å². The first-order valence-corrected chi connectivity index (χ1v) is 7.19. The molecule has 0 bridgehead atoms. The van der Waals surface area contributed by atoms with Gasteiger partial charge in [-0.15, -0.1) is 0 Å². The molecule has 0 amide bonds. The number of benzene rings is 1. The number of aliphatic imine (C=N–C) groups is 1. The number of nitrogens with one attached hydrogen (secondary N) is 2. The first-order valence-electron chi connectivity index (χ1n) is 7.19. The predicted octanol–water partition coefficient (Wildman–Crippen LogP) is 2.17. The van der Waals surface area contributed by atoms with E-state index in [0.29, 0.717) is 19.0 Å². The highest BCUT2D eigenvalue weighted by Crippen LogP contribution is 2.11. The van der Waals surface area contributed by atoms with E-state index < -0.39 is 11.6 Å². The molecule has 0 fully saturated rings. The fraction of sp³-hybridized carbons (Fsp3) is 0.312. The third-order valence-electron chi connectivity index (χ3n) is 3.28. The molecule has 0 saturated heterocycles. The Hall–Kier alpha value is -2.37. The molecule has 0 aliphatic rings. The Morgan fingerprint density at radius 1 is 1.05 bits per heavy atom. The van der Waals surface area contributed by atoms with Gasteiger partial charge in [0.15, 0.2) is 5.96 Å². The van der Waals surface area contributed by atoms with Gasteiger partial charge in [-0.05, 0) is 30.7 Å². The molecule has 118 valence electrons. The van der Waals surface area contributed by atoms with Crippen molar-refractivity contribution in [3.63, 3.8) is 0 Å². The van der Waals surface area contributed by atoms with E-state index in [4.69, 9.17) is 0 Å². The first kappa shape index (κ1) is 16.0. The molecule has 0 aliphatic heterocycles. The smallest absolute Gasteiger partial charge is 0.191 e. The molecule has 0 unspecified atom stereocenters. The van der Waals surface area contributed by atoms with Gasteiger partial charge < -0.3 is 15.2 Å². The van der Waals surface area contributed by atoms with E-state index in [2.05, 4.69) is 20.2 Å². The number of nitrogens with zero attached hydrogens (tertiary/aromatic N) is 2. The number of hydrogen-bond acceptors (Lipinski definition) is 1. The topological polar surface area (TPSA) is 41.4 Å². The van der Waals surface area contributed by atoms with Gasteiger partial charge in [0.05, 0.1) is 0 Å². The van der Waals surface area contributed by atoms with Crippen molar-refractivity contribution in [2.45, 2.75) is 13.0 Å². The maximum Gasteiger partial charge on any atom is 0.191 e. The lowest BCUT2D eigenvalue weighted by Gasteiger charge is -2.12. The van der Waals surface area contributed by atoms with Crippen LogP contribution in [0.3, 0.4) is 0 Å². The first-order chi connectivity index (χ1) is 10.7. The maximum atomic E-state index is 13.5. The summed E-state index contributed by atoms with van der Waals surface area (Å²) in [5.74, 6) is -0.418. The summed E-state index contributed by atoms with van der Waals surface area (Å²) in [6.07, 6.45) is 4.23. The highest BCUT2D eigenvalue weighted by atomic mass is 19.1. The van der Waals surface area contributed by atoms with Crippen LogP contribution in [-0.2, 0) is 13.0 Å². The van der Waals surface area contributed by atoms with Crippen LogP contribution in [0.5, 0.6) is 0 Å². The van der Waals surface area contributed by atoms with Gasteiger partial charge >= 0.3 is 0 Å². The molecule has 1 aromatic heterocycles. The average Bonchev–Trinajstić information content (AvgIpc) is 3.01. The molecule has 2 aromatic rings. The van der Waals surface area contributed by atoms with Crippen molar-refractivity contribution in [1.29, 1.82) is 0 Å². The summed E-state index contributed by atoms with van der Waals surface area (Å²) >= 11 is 0. The van der Waals surface area contributed by atoms with E-state index in [1.165, 1.54) is 18.2 Å². The summed E-state index contributed by atoms with van der Waals surface area (Å²) in [5, 5.41) is 6.20. The number of aromatic nitrogens is 1. The minimum Gasteiger partial charge on any atom is -0.356 e. The zero-order valence-electron chi connectivity index (χ0n) is 12.5. The monoisotopic (exact) mass is 306 g/mol. The Kier molecular flexibility index (Phi) is 5.94. The molecule has 0 radical (unpaired) electrons. The molecule has 0 spiro atoms. The van der Waals surface area contributed by atoms with Gasteiger partial charge in [0.1, 0.15) is 11.6 Å². The van der Waals surface area contributed by atoms with Crippen LogP contribution in [0.15, 0.2) is 47.7 Å². The van der Waals surface area contributed by atoms with E-state index in [1.54, 1.807) is 7.05 Å². The Bertz CT molecular complexity index is 588. The third kappa shape index (κ3) is 4.58. The standard InChI is InChI=1S/C16H20F2N4/c1-19-16(21-9-12-22-10-2-3-11-22)20-8-7-13-14(17)5-4-6-15(13)18/h2-6,10-11H,7-9,12H2,1H3,(H2,19,20,21). The van der Waals surface area contributed by atoms with Crippen molar-refractivity contribution in [3.8, 4) is 0 Å². The fourth-order valence-electron chi connectivity index (χ4n) is 2.12. The van der Waals surface area contributed by atoms with Gasteiger partial charge in [0.25, 0.3) is 0 Å². The van der Waals surface area contributed by atoms with Crippen LogP contribution >= 0.6 is 0 Å². The van der Waals surface area contributed by atoms with E-state index in [9.17, 15) is 8.78 Å².